The van der Waals surface area contributed by atoms with Crippen molar-refractivity contribution in [1.29, 1.82) is 0 Å². The zero-order chi connectivity index (χ0) is 18.4. The molecule has 25 heavy (non-hydrogen) atoms. The number of amides is 1. The number of halogens is 3. The normalized spacial score (nSPS) is 11.2. The molecule has 10 heteroatoms. The Bertz CT molecular complexity index is 758. The maximum atomic E-state index is 12.3. The number of carboxylic acids is 1. The third-order valence-corrected chi connectivity index (χ3v) is 3.03. The van der Waals surface area contributed by atoms with Crippen molar-refractivity contribution in [2.24, 2.45) is 0 Å². The molecule has 134 valence electrons. The Morgan fingerprint density at radius 1 is 1.24 bits per heavy atom. The van der Waals surface area contributed by atoms with E-state index in [1.165, 1.54) is 30.5 Å². The number of nitrogens with one attached hydrogen (secondary N) is 1. The summed E-state index contributed by atoms with van der Waals surface area (Å²) < 4.78 is 42.1. The average Bonchev–Trinajstić information content (AvgIpc) is 2.91. The van der Waals surface area contributed by atoms with Gasteiger partial charge < -0.3 is 15.2 Å². The van der Waals surface area contributed by atoms with Gasteiger partial charge in [-0.3, -0.25) is 14.3 Å². The first-order chi connectivity index (χ1) is 11.7. The molecule has 0 fully saturated rings. The number of benzene rings is 1. The third-order valence-electron chi connectivity index (χ3n) is 3.03. The topological polar surface area (TPSA) is 93.5 Å². The van der Waals surface area contributed by atoms with E-state index in [2.05, 4.69) is 15.2 Å². The van der Waals surface area contributed by atoms with Gasteiger partial charge in [0.2, 0.25) is 5.91 Å². The van der Waals surface area contributed by atoms with E-state index >= 15 is 0 Å². The molecule has 0 aliphatic heterocycles. The lowest BCUT2D eigenvalue weighted by Gasteiger charge is -2.12. The van der Waals surface area contributed by atoms with Crippen molar-refractivity contribution >= 4 is 17.7 Å². The van der Waals surface area contributed by atoms with Crippen LogP contribution in [0.15, 0.2) is 36.5 Å². The first-order valence-electron chi connectivity index (χ1n) is 7.12. The van der Waals surface area contributed by atoms with E-state index in [1.54, 1.807) is 6.07 Å². The van der Waals surface area contributed by atoms with Gasteiger partial charge in [-0.1, -0.05) is 18.2 Å². The summed E-state index contributed by atoms with van der Waals surface area (Å²) in [7, 11) is 0. The zero-order valence-corrected chi connectivity index (χ0v) is 12.8. The second kappa shape index (κ2) is 7.69. The predicted molar refractivity (Wildman–Crippen MR) is 79.9 cm³/mol. The van der Waals surface area contributed by atoms with Crippen LogP contribution in [0.25, 0.3) is 0 Å². The number of aliphatic carboxylic acids is 1. The second-order valence-corrected chi connectivity index (χ2v) is 5.00. The molecule has 0 radical (unpaired) electrons. The quantitative estimate of drug-likeness (QED) is 0.794. The molecule has 1 heterocycles. The van der Waals surface area contributed by atoms with Gasteiger partial charge in [-0.2, -0.15) is 5.10 Å². The largest absolute Gasteiger partial charge is 0.573 e. The minimum absolute atomic E-state index is 0.0356. The van der Waals surface area contributed by atoms with Gasteiger partial charge in [0, 0.05) is 18.7 Å². The molecule has 0 saturated carbocycles. The van der Waals surface area contributed by atoms with E-state index < -0.39 is 18.2 Å². The minimum atomic E-state index is -4.81. The summed E-state index contributed by atoms with van der Waals surface area (Å²) >= 11 is 0. The van der Waals surface area contributed by atoms with Crippen LogP contribution < -0.4 is 10.1 Å². The minimum Gasteiger partial charge on any atom is -0.480 e. The average molecular weight is 357 g/mol. The maximum absolute atomic E-state index is 12.3. The smallest absolute Gasteiger partial charge is 0.480 e. The number of alkyl halides is 3. The molecule has 0 aliphatic rings. The summed E-state index contributed by atoms with van der Waals surface area (Å²) in [5.41, 5.74) is 0.242. The van der Waals surface area contributed by atoms with Gasteiger partial charge in [0.1, 0.15) is 12.3 Å². The van der Waals surface area contributed by atoms with E-state index in [9.17, 15) is 22.8 Å². The fourth-order valence-corrected chi connectivity index (χ4v) is 2.04. The van der Waals surface area contributed by atoms with Gasteiger partial charge in [0.15, 0.2) is 5.82 Å². The van der Waals surface area contributed by atoms with Crippen LogP contribution in [0.5, 0.6) is 5.75 Å². The molecular weight excluding hydrogens is 343 g/mol. The van der Waals surface area contributed by atoms with Crippen molar-refractivity contribution in [3.8, 4) is 5.75 Å². The highest BCUT2D eigenvalue weighted by atomic mass is 19.4. The van der Waals surface area contributed by atoms with Crippen LogP contribution >= 0.6 is 0 Å². The van der Waals surface area contributed by atoms with Crippen LogP contribution in [-0.4, -0.2) is 33.1 Å². The maximum Gasteiger partial charge on any atom is 0.573 e. The molecular formula is C15H14F3N3O4. The van der Waals surface area contributed by atoms with Crippen molar-refractivity contribution in [2.45, 2.75) is 25.7 Å². The number of aryl methyl sites for hydroxylation is 1. The standard InChI is InChI=1S/C15H14F3N3O4/c16-15(17,18)25-11-4-2-1-3-10(11)5-6-13(22)19-12-7-8-21(20-12)9-14(23)24/h1-4,7-8H,5-6,9H2,(H,23,24)(H,19,20,22). The van der Waals surface area contributed by atoms with Gasteiger partial charge in [0.25, 0.3) is 0 Å². The van der Waals surface area contributed by atoms with Gasteiger partial charge in [-0.15, -0.1) is 13.2 Å². The number of carbonyl (C=O) groups is 2. The van der Waals surface area contributed by atoms with Gasteiger partial charge in [0.05, 0.1) is 0 Å². The fourth-order valence-electron chi connectivity index (χ4n) is 2.04. The summed E-state index contributed by atoms with van der Waals surface area (Å²) in [6.45, 7) is -0.349. The van der Waals surface area contributed by atoms with E-state index in [4.69, 9.17) is 5.11 Å². The number of carboxylic acid groups (broad SMARTS) is 1. The molecule has 1 aromatic carbocycles. The van der Waals surface area contributed by atoms with E-state index in [1.807, 2.05) is 0 Å². The molecule has 0 aliphatic carbocycles. The Balaban J connectivity index is 1.92. The molecule has 1 amide bonds. The SMILES string of the molecule is O=C(O)Cn1ccc(NC(=O)CCc2ccccc2OC(F)(F)F)n1. The van der Waals surface area contributed by atoms with Crippen molar-refractivity contribution in [3.05, 3.63) is 42.1 Å². The number of nitrogens with zero attached hydrogens (tertiary/aromatic N) is 2. The fraction of sp³-hybridized carbons (Fsp3) is 0.267. The molecule has 2 aromatic rings. The number of carbonyl (C=O) groups excluding carboxylic acids is 1. The monoisotopic (exact) mass is 357 g/mol. The Hall–Kier alpha value is -3.04. The van der Waals surface area contributed by atoms with Crippen molar-refractivity contribution in [3.63, 3.8) is 0 Å². The molecule has 0 unspecified atom stereocenters. The van der Waals surface area contributed by atoms with E-state index in [0.717, 1.165) is 4.68 Å². The highest BCUT2D eigenvalue weighted by Crippen LogP contribution is 2.27. The van der Waals surface area contributed by atoms with Crippen LogP contribution in [-0.2, 0) is 22.6 Å². The molecule has 2 rings (SSSR count). The van der Waals surface area contributed by atoms with Crippen molar-refractivity contribution < 1.29 is 32.6 Å². The van der Waals surface area contributed by atoms with E-state index in [0.29, 0.717) is 0 Å². The lowest BCUT2D eigenvalue weighted by molar-refractivity contribution is -0.274. The first-order valence-corrected chi connectivity index (χ1v) is 7.12. The molecule has 1 aromatic heterocycles. The lowest BCUT2D eigenvalue weighted by atomic mass is 10.1. The molecule has 0 spiro atoms. The summed E-state index contributed by atoms with van der Waals surface area (Å²) in [6, 6.07) is 6.98. The number of anilines is 1. The van der Waals surface area contributed by atoms with Gasteiger partial charge in [-0.05, 0) is 18.1 Å². The van der Waals surface area contributed by atoms with Crippen LogP contribution in [0.2, 0.25) is 0 Å². The summed E-state index contributed by atoms with van der Waals surface area (Å²) in [5.74, 6) is -1.75. The Labute approximate surface area is 140 Å². The highest BCUT2D eigenvalue weighted by Gasteiger charge is 2.31. The molecule has 0 bridgehead atoms. The highest BCUT2D eigenvalue weighted by molar-refractivity contribution is 5.89. The Morgan fingerprint density at radius 2 is 1.96 bits per heavy atom. The lowest BCUT2D eigenvalue weighted by Crippen LogP contribution is -2.18. The number of para-hydroxylation sites is 1. The van der Waals surface area contributed by atoms with Crippen LogP contribution in [0.1, 0.15) is 12.0 Å². The number of ether oxygens (including phenoxy) is 1. The molecule has 2 N–H and O–H groups in total. The Morgan fingerprint density at radius 3 is 2.64 bits per heavy atom. The van der Waals surface area contributed by atoms with Gasteiger partial charge >= 0.3 is 12.3 Å². The number of hydrogen-bond donors (Lipinski definition) is 2. The zero-order valence-electron chi connectivity index (χ0n) is 12.8. The number of rotatable bonds is 7. The first kappa shape index (κ1) is 18.3. The van der Waals surface area contributed by atoms with Crippen LogP contribution in [0.4, 0.5) is 19.0 Å². The van der Waals surface area contributed by atoms with Crippen LogP contribution in [0, 0.1) is 0 Å². The van der Waals surface area contributed by atoms with E-state index in [-0.39, 0.29) is 36.5 Å². The second-order valence-electron chi connectivity index (χ2n) is 5.00. The molecule has 0 atom stereocenters. The summed E-state index contributed by atoms with van der Waals surface area (Å²) in [6.07, 6.45) is -3.48. The van der Waals surface area contributed by atoms with Crippen LogP contribution in [0.3, 0.4) is 0 Å². The number of hydrogen-bond acceptors (Lipinski definition) is 4. The molecule has 0 saturated heterocycles. The number of aromatic nitrogens is 2. The Kier molecular flexibility index (Phi) is 5.63. The molecule has 7 nitrogen and oxygen atoms in total. The third kappa shape index (κ3) is 6.16. The van der Waals surface area contributed by atoms with Crippen molar-refractivity contribution in [1.82, 2.24) is 9.78 Å². The van der Waals surface area contributed by atoms with Crippen molar-refractivity contribution in [2.75, 3.05) is 5.32 Å². The van der Waals surface area contributed by atoms with Gasteiger partial charge in [-0.25, -0.2) is 0 Å². The predicted octanol–water partition coefficient (Wildman–Crippen LogP) is 2.44. The summed E-state index contributed by atoms with van der Waals surface area (Å²) in [4.78, 5) is 22.4. The summed E-state index contributed by atoms with van der Waals surface area (Å²) in [5, 5.41) is 14.9.